The van der Waals surface area contributed by atoms with Crippen LogP contribution in [0, 0.1) is 0 Å². The first-order chi connectivity index (χ1) is 11.6. The molecular weight excluding hydrogens is 332 g/mol. The lowest BCUT2D eigenvalue weighted by Gasteiger charge is -2.08. The number of pyridine rings is 1. The second kappa shape index (κ2) is 8.88. The number of ether oxygens (including phenoxy) is 2. The van der Waals surface area contributed by atoms with Crippen LogP contribution < -0.4 is 10.1 Å². The Morgan fingerprint density at radius 3 is 2.79 bits per heavy atom. The van der Waals surface area contributed by atoms with E-state index in [2.05, 4.69) is 10.3 Å². The Hall–Kier alpha value is -2.60. The molecule has 6 nitrogen and oxygen atoms in total. The lowest BCUT2D eigenvalue weighted by atomic mass is 10.2. The van der Waals surface area contributed by atoms with E-state index in [0.717, 1.165) is 0 Å². The van der Waals surface area contributed by atoms with Crippen LogP contribution in [-0.4, -0.2) is 30.1 Å². The molecule has 0 aliphatic carbocycles. The minimum atomic E-state index is -0.461. The van der Waals surface area contributed by atoms with Crippen LogP contribution in [-0.2, 0) is 9.53 Å². The molecule has 0 radical (unpaired) electrons. The van der Waals surface area contributed by atoms with E-state index in [0.29, 0.717) is 16.3 Å². The quantitative estimate of drug-likeness (QED) is 0.777. The lowest BCUT2D eigenvalue weighted by Crippen LogP contribution is -2.16. The van der Waals surface area contributed by atoms with Crippen molar-refractivity contribution in [1.82, 2.24) is 4.98 Å². The van der Waals surface area contributed by atoms with Crippen LogP contribution in [0.5, 0.6) is 5.75 Å². The van der Waals surface area contributed by atoms with E-state index in [-0.39, 0.29) is 31.4 Å². The molecule has 1 N–H and O–H groups in total. The highest BCUT2D eigenvalue weighted by Gasteiger charge is 2.10. The van der Waals surface area contributed by atoms with Crippen LogP contribution in [0.15, 0.2) is 42.6 Å². The minimum Gasteiger partial charge on any atom is -0.491 e. The van der Waals surface area contributed by atoms with Gasteiger partial charge in [-0.1, -0.05) is 23.7 Å². The zero-order valence-electron chi connectivity index (χ0n) is 13.1. The zero-order valence-corrected chi connectivity index (χ0v) is 13.9. The predicted octanol–water partition coefficient (Wildman–Crippen LogP) is 3.32. The monoisotopic (exact) mass is 348 g/mol. The molecule has 1 aromatic heterocycles. The SMILES string of the molecule is CCOC(=O)c1ccnc(NC(=O)CCOc2ccccc2Cl)c1. The van der Waals surface area contributed by atoms with Gasteiger partial charge in [0.2, 0.25) is 5.91 Å². The molecule has 2 aromatic rings. The number of para-hydroxylation sites is 1. The molecule has 2 rings (SSSR count). The molecule has 0 saturated heterocycles. The molecule has 0 aliphatic rings. The topological polar surface area (TPSA) is 77.5 Å². The van der Waals surface area contributed by atoms with Gasteiger partial charge in [-0.05, 0) is 31.2 Å². The fourth-order valence-corrected chi connectivity index (χ4v) is 2.05. The van der Waals surface area contributed by atoms with Crippen LogP contribution in [0.3, 0.4) is 0 Å². The van der Waals surface area contributed by atoms with Gasteiger partial charge in [-0.15, -0.1) is 0 Å². The summed E-state index contributed by atoms with van der Waals surface area (Å²) in [5, 5.41) is 3.10. The number of nitrogens with one attached hydrogen (secondary N) is 1. The van der Waals surface area contributed by atoms with Gasteiger partial charge in [0.1, 0.15) is 11.6 Å². The molecule has 1 aromatic carbocycles. The number of amides is 1. The number of aromatic nitrogens is 1. The maximum atomic E-state index is 11.9. The number of esters is 1. The van der Waals surface area contributed by atoms with Gasteiger partial charge in [0, 0.05) is 6.20 Å². The normalized spacial score (nSPS) is 10.1. The van der Waals surface area contributed by atoms with E-state index in [4.69, 9.17) is 21.1 Å². The van der Waals surface area contributed by atoms with Gasteiger partial charge in [0.15, 0.2) is 0 Å². The van der Waals surface area contributed by atoms with Crippen LogP contribution in [0.1, 0.15) is 23.7 Å². The molecule has 0 fully saturated rings. The van der Waals surface area contributed by atoms with Gasteiger partial charge in [0.05, 0.1) is 30.2 Å². The third-order valence-electron chi connectivity index (χ3n) is 2.96. The fourth-order valence-electron chi connectivity index (χ4n) is 1.86. The van der Waals surface area contributed by atoms with Gasteiger partial charge in [0.25, 0.3) is 0 Å². The summed E-state index contributed by atoms with van der Waals surface area (Å²) in [6.07, 6.45) is 1.55. The number of rotatable bonds is 7. The zero-order chi connectivity index (χ0) is 17.4. The summed E-state index contributed by atoms with van der Waals surface area (Å²) in [5.41, 5.74) is 0.328. The first kappa shape index (κ1) is 17.7. The molecule has 0 saturated carbocycles. The fraction of sp³-hybridized carbons (Fsp3) is 0.235. The van der Waals surface area contributed by atoms with E-state index in [1.807, 2.05) is 0 Å². The van der Waals surface area contributed by atoms with Crippen molar-refractivity contribution >= 4 is 29.3 Å². The van der Waals surface area contributed by atoms with Crippen LogP contribution >= 0.6 is 11.6 Å². The summed E-state index contributed by atoms with van der Waals surface area (Å²) < 4.78 is 10.4. The van der Waals surface area contributed by atoms with Crippen molar-refractivity contribution in [1.29, 1.82) is 0 Å². The first-order valence-electron chi connectivity index (χ1n) is 7.40. The molecular formula is C17H17ClN2O4. The highest BCUT2D eigenvalue weighted by atomic mass is 35.5. The summed E-state index contributed by atoms with van der Waals surface area (Å²) >= 11 is 5.96. The van der Waals surface area contributed by atoms with Crippen molar-refractivity contribution in [3.63, 3.8) is 0 Å². The van der Waals surface area contributed by atoms with E-state index in [9.17, 15) is 9.59 Å². The van der Waals surface area contributed by atoms with Gasteiger partial charge >= 0.3 is 5.97 Å². The molecule has 0 unspecified atom stereocenters. The van der Waals surface area contributed by atoms with Gasteiger partial charge < -0.3 is 14.8 Å². The number of halogens is 1. The molecule has 24 heavy (non-hydrogen) atoms. The first-order valence-corrected chi connectivity index (χ1v) is 7.78. The third-order valence-corrected chi connectivity index (χ3v) is 3.27. The third kappa shape index (κ3) is 5.24. The number of nitrogens with zero attached hydrogens (tertiary/aromatic N) is 1. The smallest absolute Gasteiger partial charge is 0.338 e. The van der Waals surface area contributed by atoms with Crippen molar-refractivity contribution < 1.29 is 19.1 Å². The van der Waals surface area contributed by atoms with Gasteiger partial charge in [-0.3, -0.25) is 4.79 Å². The molecule has 1 heterocycles. The highest BCUT2D eigenvalue weighted by molar-refractivity contribution is 6.32. The second-order valence-corrected chi connectivity index (χ2v) is 5.13. The Morgan fingerprint density at radius 2 is 2.04 bits per heavy atom. The summed E-state index contributed by atoms with van der Waals surface area (Å²) in [5.74, 6) is 0.0608. The Bertz CT molecular complexity index is 721. The van der Waals surface area contributed by atoms with Gasteiger partial charge in [-0.2, -0.15) is 0 Å². The van der Waals surface area contributed by atoms with Gasteiger partial charge in [-0.25, -0.2) is 9.78 Å². The minimum absolute atomic E-state index is 0.122. The second-order valence-electron chi connectivity index (χ2n) is 4.73. The lowest BCUT2D eigenvalue weighted by molar-refractivity contribution is -0.116. The Balaban J connectivity index is 1.85. The maximum Gasteiger partial charge on any atom is 0.338 e. The number of hydrogen-bond donors (Lipinski definition) is 1. The van der Waals surface area contributed by atoms with E-state index in [1.54, 1.807) is 31.2 Å². The number of carbonyl (C=O) groups excluding carboxylic acids is 2. The van der Waals surface area contributed by atoms with E-state index in [1.165, 1.54) is 18.3 Å². The molecule has 126 valence electrons. The van der Waals surface area contributed by atoms with Crippen molar-refractivity contribution in [2.24, 2.45) is 0 Å². The maximum absolute atomic E-state index is 11.9. The number of carbonyl (C=O) groups is 2. The molecule has 0 bridgehead atoms. The summed E-state index contributed by atoms with van der Waals surface area (Å²) in [7, 11) is 0. The number of hydrogen-bond acceptors (Lipinski definition) is 5. The Morgan fingerprint density at radius 1 is 1.25 bits per heavy atom. The van der Waals surface area contributed by atoms with Crippen LogP contribution in [0.2, 0.25) is 5.02 Å². The van der Waals surface area contributed by atoms with Crippen LogP contribution in [0.4, 0.5) is 5.82 Å². The van der Waals surface area contributed by atoms with Crippen molar-refractivity contribution in [3.05, 3.63) is 53.2 Å². The molecule has 0 atom stereocenters. The van der Waals surface area contributed by atoms with Crippen LogP contribution in [0.25, 0.3) is 0 Å². The molecule has 1 amide bonds. The Kier molecular flexibility index (Phi) is 6.57. The largest absolute Gasteiger partial charge is 0.491 e. The van der Waals surface area contributed by atoms with Crippen molar-refractivity contribution in [2.45, 2.75) is 13.3 Å². The van der Waals surface area contributed by atoms with Crippen molar-refractivity contribution in [3.8, 4) is 5.75 Å². The Labute approximate surface area is 144 Å². The number of anilines is 1. The number of benzene rings is 1. The predicted molar refractivity (Wildman–Crippen MR) is 90.4 cm³/mol. The molecule has 7 heteroatoms. The van der Waals surface area contributed by atoms with E-state index >= 15 is 0 Å². The standard InChI is InChI=1S/C17H17ClN2O4/c1-2-23-17(22)12-7-9-19-15(11-12)20-16(21)8-10-24-14-6-4-3-5-13(14)18/h3-7,9,11H,2,8,10H2,1H3,(H,19,20,21). The van der Waals surface area contributed by atoms with E-state index < -0.39 is 5.97 Å². The average Bonchev–Trinajstić information content (AvgIpc) is 2.57. The van der Waals surface area contributed by atoms with Crippen molar-refractivity contribution in [2.75, 3.05) is 18.5 Å². The molecule has 0 spiro atoms. The highest BCUT2D eigenvalue weighted by Crippen LogP contribution is 2.23. The summed E-state index contributed by atoms with van der Waals surface area (Å²) in [6.45, 7) is 2.18. The molecule has 0 aliphatic heterocycles. The summed E-state index contributed by atoms with van der Waals surface area (Å²) in [4.78, 5) is 27.6. The average molecular weight is 349 g/mol. The summed E-state index contributed by atoms with van der Waals surface area (Å²) in [6, 6.07) is 10.0.